The summed E-state index contributed by atoms with van der Waals surface area (Å²) < 4.78 is 10.5. The first-order valence-corrected chi connectivity index (χ1v) is 9.67. The average Bonchev–Trinajstić information content (AvgIpc) is 3.19. The molecule has 1 amide bonds. The molecular formula is C24H22N2O4. The van der Waals surface area contributed by atoms with Crippen molar-refractivity contribution in [3.63, 3.8) is 0 Å². The molecule has 152 valence electrons. The molecule has 0 aliphatic carbocycles. The van der Waals surface area contributed by atoms with Crippen molar-refractivity contribution >= 4 is 39.3 Å². The summed E-state index contributed by atoms with van der Waals surface area (Å²) in [5, 5.41) is 9.96. The van der Waals surface area contributed by atoms with E-state index in [0.29, 0.717) is 5.56 Å². The number of aromatic nitrogens is 1. The Balaban J connectivity index is 1.53. The van der Waals surface area contributed by atoms with E-state index in [9.17, 15) is 9.59 Å². The number of hydrogen-bond donors (Lipinski definition) is 1. The van der Waals surface area contributed by atoms with Gasteiger partial charge in [-0.15, -0.1) is 0 Å². The van der Waals surface area contributed by atoms with Gasteiger partial charge in [0, 0.05) is 11.5 Å². The Morgan fingerprint density at radius 1 is 0.967 bits per heavy atom. The fourth-order valence-corrected chi connectivity index (χ4v) is 3.30. The number of carbonyl (C=O) groups is 2. The third-order valence-corrected chi connectivity index (χ3v) is 4.85. The third-order valence-electron chi connectivity index (χ3n) is 4.85. The molecule has 1 N–H and O–H groups in total. The van der Waals surface area contributed by atoms with Gasteiger partial charge in [-0.25, -0.2) is 4.79 Å². The van der Waals surface area contributed by atoms with Crippen LogP contribution in [0.3, 0.4) is 0 Å². The van der Waals surface area contributed by atoms with Crippen LogP contribution in [0.15, 0.2) is 65.2 Å². The lowest BCUT2D eigenvalue weighted by Gasteiger charge is -2.12. The number of rotatable bonds is 4. The Morgan fingerprint density at radius 3 is 2.13 bits per heavy atom. The van der Waals surface area contributed by atoms with Gasteiger partial charge in [0.25, 0.3) is 5.91 Å². The van der Waals surface area contributed by atoms with Crippen LogP contribution in [0.1, 0.15) is 36.8 Å². The zero-order valence-corrected chi connectivity index (χ0v) is 17.1. The lowest BCUT2D eigenvalue weighted by atomic mass is 9.92. The minimum absolute atomic E-state index is 0.200. The first-order valence-electron chi connectivity index (χ1n) is 9.67. The van der Waals surface area contributed by atoms with Gasteiger partial charge in [-0.1, -0.05) is 74.5 Å². The van der Waals surface area contributed by atoms with E-state index in [4.69, 9.17) is 9.26 Å². The lowest BCUT2D eigenvalue weighted by Crippen LogP contribution is -2.21. The predicted octanol–water partition coefficient (Wildman–Crippen LogP) is 5.07. The standard InChI is InChI=1S/C24H22N2O4/c1-24(2,3)19-13-21(30-26-19)25-20(27)14-29-23(28)22-17-10-6-4-8-15(17)12-16-9-5-7-11-18(16)22/h4-13H,14H2,1-3H3,(H,25,27). The van der Waals surface area contributed by atoms with Gasteiger partial charge in [-0.3, -0.25) is 10.1 Å². The summed E-state index contributed by atoms with van der Waals surface area (Å²) in [6.07, 6.45) is 0. The second kappa shape index (κ2) is 7.63. The van der Waals surface area contributed by atoms with Crippen molar-refractivity contribution in [1.82, 2.24) is 5.16 Å². The van der Waals surface area contributed by atoms with E-state index in [1.165, 1.54) is 0 Å². The molecule has 0 unspecified atom stereocenters. The normalized spacial score (nSPS) is 11.6. The van der Waals surface area contributed by atoms with Crippen molar-refractivity contribution in [3.05, 3.63) is 71.9 Å². The summed E-state index contributed by atoms with van der Waals surface area (Å²) in [7, 11) is 0. The van der Waals surface area contributed by atoms with Crippen LogP contribution in [0, 0.1) is 0 Å². The summed E-state index contributed by atoms with van der Waals surface area (Å²) in [6.45, 7) is 5.55. The minimum atomic E-state index is -0.550. The molecule has 4 aromatic rings. The number of nitrogens with zero attached hydrogens (tertiary/aromatic N) is 1. The maximum Gasteiger partial charge on any atom is 0.339 e. The molecular weight excluding hydrogens is 380 g/mol. The predicted molar refractivity (Wildman–Crippen MR) is 116 cm³/mol. The summed E-state index contributed by atoms with van der Waals surface area (Å²) in [5.41, 5.74) is 0.970. The second-order valence-electron chi connectivity index (χ2n) is 8.14. The van der Waals surface area contributed by atoms with Crippen molar-refractivity contribution in [2.45, 2.75) is 26.2 Å². The Bertz CT molecular complexity index is 1200. The van der Waals surface area contributed by atoms with Crippen LogP contribution >= 0.6 is 0 Å². The van der Waals surface area contributed by atoms with Crippen molar-refractivity contribution in [3.8, 4) is 0 Å². The molecule has 0 atom stereocenters. The van der Waals surface area contributed by atoms with Gasteiger partial charge in [-0.2, -0.15) is 0 Å². The van der Waals surface area contributed by atoms with E-state index in [-0.39, 0.29) is 11.3 Å². The summed E-state index contributed by atoms with van der Waals surface area (Å²) >= 11 is 0. The Hall–Kier alpha value is -3.67. The Morgan fingerprint density at radius 2 is 1.57 bits per heavy atom. The lowest BCUT2D eigenvalue weighted by molar-refractivity contribution is -0.119. The number of anilines is 1. The van der Waals surface area contributed by atoms with Crippen molar-refractivity contribution in [1.29, 1.82) is 0 Å². The number of ether oxygens (including phenoxy) is 1. The highest BCUT2D eigenvalue weighted by molar-refractivity contribution is 6.16. The Labute approximate surface area is 173 Å². The molecule has 3 aromatic carbocycles. The summed E-state index contributed by atoms with van der Waals surface area (Å²) in [4.78, 5) is 25.2. The number of nitrogens with one attached hydrogen (secondary N) is 1. The van der Waals surface area contributed by atoms with E-state index < -0.39 is 18.5 Å². The molecule has 0 aliphatic heterocycles. The molecule has 6 heteroatoms. The number of amides is 1. The number of fused-ring (bicyclic) bond motifs is 2. The van der Waals surface area contributed by atoms with Gasteiger partial charge in [0.05, 0.1) is 11.3 Å². The van der Waals surface area contributed by atoms with Crippen molar-refractivity contribution in [2.24, 2.45) is 0 Å². The van der Waals surface area contributed by atoms with Crippen LogP contribution < -0.4 is 5.32 Å². The molecule has 0 bridgehead atoms. The smallest absolute Gasteiger partial charge is 0.339 e. The highest BCUT2D eigenvalue weighted by Crippen LogP contribution is 2.29. The fraction of sp³-hybridized carbons (Fsp3) is 0.208. The molecule has 0 saturated heterocycles. The third kappa shape index (κ3) is 3.89. The zero-order chi connectivity index (χ0) is 21.3. The van der Waals surface area contributed by atoms with Gasteiger partial charge < -0.3 is 9.26 Å². The topological polar surface area (TPSA) is 81.4 Å². The zero-order valence-electron chi connectivity index (χ0n) is 17.1. The SMILES string of the molecule is CC(C)(C)c1cc(NC(=O)COC(=O)c2c3ccccc3cc3ccccc23)on1. The van der Waals surface area contributed by atoms with Gasteiger partial charge >= 0.3 is 5.97 Å². The number of esters is 1. The van der Waals surface area contributed by atoms with Crippen molar-refractivity contribution < 1.29 is 18.8 Å². The summed E-state index contributed by atoms with van der Waals surface area (Å²) in [6, 6.07) is 18.9. The molecule has 0 aliphatic rings. The second-order valence-corrected chi connectivity index (χ2v) is 8.14. The van der Waals surface area contributed by atoms with E-state index >= 15 is 0 Å². The van der Waals surface area contributed by atoms with Crippen LogP contribution in [0.5, 0.6) is 0 Å². The average molecular weight is 402 g/mol. The van der Waals surface area contributed by atoms with E-state index in [0.717, 1.165) is 27.2 Å². The number of carbonyl (C=O) groups excluding carboxylic acids is 2. The van der Waals surface area contributed by atoms with E-state index in [2.05, 4.69) is 10.5 Å². The maximum atomic E-state index is 12.9. The minimum Gasteiger partial charge on any atom is -0.452 e. The number of hydrogen-bond acceptors (Lipinski definition) is 5. The molecule has 0 fully saturated rings. The molecule has 30 heavy (non-hydrogen) atoms. The van der Waals surface area contributed by atoms with E-state index in [1.807, 2.05) is 75.4 Å². The molecule has 0 saturated carbocycles. The van der Waals surface area contributed by atoms with Gasteiger partial charge in [0.2, 0.25) is 5.88 Å². The molecule has 6 nitrogen and oxygen atoms in total. The van der Waals surface area contributed by atoms with Crippen LogP contribution in [0.25, 0.3) is 21.5 Å². The van der Waals surface area contributed by atoms with Gasteiger partial charge in [0.15, 0.2) is 6.61 Å². The highest BCUT2D eigenvalue weighted by atomic mass is 16.5. The monoisotopic (exact) mass is 402 g/mol. The van der Waals surface area contributed by atoms with Gasteiger partial charge in [0.1, 0.15) is 0 Å². The maximum absolute atomic E-state index is 12.9. The molecule has 1 aromatic heterocycles. The quantitative estimate of drug-likeness (QED) is 0.380. The Kier molecular flexibility index (Phi) is 4.99. The molecule has 4 rings (SSSR count). The first-order chi connectivity index (χ1) is 14.3. The summed E-state index contributed by atoms with van der Waals surface area (Å²) in [5.74, 6) is -0.827. The largest absolute Gasteiger partial charge is 0.452 e. The van der Waals surface area contributed by atoms with Crippen LogP contribution in [-0.2, 0) is 14.9 Å². The van der Waals surface area contributed by atoms with E-state index in [1.54, 1.807) is 6.07 Å². The highest BCUT2D eigenvalue weighted by Gasteiger charge is 2.21. The fourth-order valence-electron chi connectivity index (χ4n) is 3.30. The van der Waals surface area contributed by atoms with Crippen LogP contribution in [0.2, 0.25) is 0 Å². The molecule has 1 heterocycles. The molecule has 0 spiro atoms. The van der Waals surface area contributed by atoms with Crippen LogP contribution in [0.4, 0.5) is 5.88 Å². The first kappa shape index (κ1) is 19.6. The molecule has 0 radical (unpaired) electrons. The van der Waals surface area contributed by atoms with Gasteiger partial charge in [-0.05, 0) is 27.6 Å². The van der Waals surface area contributed by atoms with Crippen molar-refractivity contribution in [2.75, 3.05) is 11.9 Å². The van der Waals surface area contributed by atoms with Crippen LogP contribution in [-0.4, -0.2) is 23.6 Å². The number of benzene rings is 3.